The summed E-state index contributed by atoms with van der Waals surface area (Å²) in [6.07, 6.45) is 2.38. The molecule has 0 aliphatic carbocycles. The van der Waals surface area contributed by atoms with Crippen LogP contribution >= 0.6 is 0 Å². The zero-order chi connectivity index (χ0) is 19.2. The predicted molar refractivity (Wildman–Crippen MR) is 109 cm³/mol. The van der Waals surface area contributed by atoms with Gasteiger partial charge in [-0.3, -0.25) is 4.79 Å². The van der Waals surface area contributed by atoms with E-state index in [2.05, 4.69) is 36.6 Å². The van der Waals surface area contributed by atoms with E-state index in [1.165, 1.54) is 11.1 Å². The van der Waals surface area contributed by atoms with Crippen molar-refractivity contribution in [3.8, 4) is 0 Å². The number of hydrogen-bond acceptors (Lipinski definition) is 2. The van der Waals surface area contributed by atoms with E-state index in [-0.39, 0.29) is 11.9 Å². The van der Waals surface area contributed by atoms with Gasteiger partial charge in [-0.2, -0.15) is 0 Å². The van der Waals surface area contributed by atoms with Gasteiger partial charge in [0.15, 0.2) is 0 Å². The first-order valence-electron chi connectivity index (χ1n) is 9.57. The Hall–Kier alpha value is -2.82. The number of nitrogens with one attached hydrogen (secondary N) is 2. The third-order valence-electron chi connectivity index (χ3n) is 5.07. The molecule has 27 heavy (non-hydrogen) atoms. The maximum absolute atomic E-state index is 12.5. The summed E-state index contributed by atoms with van der Waals surface area (Å²) in [6.45, 7) is 5.49. The van der Waals surface area contributed by atoms with E-state index in [4.69, 9.17) is 0 Å². The first kappa shape index (κ1) is 19.0. The summed E-state index contributed by atoms with van der Waals surface area (Å²) in [4.78, 5) is 26.3. The van der Waals surface area contributed by atoms with Gasteiger partial charge in [0.2, 0.25) is 5.91 Å². The molecule has 142 valence electrons. The van der Waals surface area contributed by atoms with Crippen LogP contribution in [0.5, 0.6) is 0 Å². The highest BCUT2D eigenvalue weighted by atomic mass is 16.2. The number of benzene rings is 2. The Morgan fingerprint density at radius 3 is 2.30 bits per heavy atom. The number of urea groups is 1. The van der Waals surface area contributed by atoms with Crippen LogP contribution in [0, 0.1) is 5.92 Å². The summed E-state index contributed by atoms with van der Waals surface area (Å²) in [5, 5.41) is 5.84. The standard InChI is InChI=1S/C22H27N3O2/c1-3-16(2)14-21(26)23-19-8-10-20(11-9-19)24-22(27)25-13-12-17-6-4-5-7-18(17)15-25/h4-11,16H,3,12-15H2,1-2H3,(H,23,26)(H,24,27)/t16-/m1/s1. The molecule has 0 fully saturated rings. The molecule has 3 amide bonds. The lowest BCUT2D eigenvalue weighted by molar-refractivity contribution is -0.117. The Balaban J connectivity index is 1.54. The molecule has 0 saturated carbocycles. The van der Waals surface area contributed by atoms with Crippen LogP contribution in [0.3, 0.4) is 0 Å². The maximum atomic E-state index is 12.5. The number of carbonyl (C=O) groups excluding carboxylic acids is 2. The fourth-order valence-corrected chi connectivity index (χ4v) is 3.18. The van der Waals surface area contributed by atoms with E-state index >= 15 is 0 Å². The van der Waals surface area contributed by atoms with Crippen molar-refractivity contribution >= 4 is 23.3 Å². The number of nitrogens with zero attached hydrogens (tertiary/aromatic N) is 1. The Bertz CT molecular complexity index is 801. The maximum Gasteiger partial charge on any atom is 0.322 e. The summed E-state index contributed by atoms with van der Waals surface area (Å²) in [6, 6.07) is 15.4. The number of rotatable bonds is 5. The summed E-state index contributed by atoms with van der Waals surface area (Å²) < 4.78 is 0. The average Bonchev–Trinajstić information content (AvgIpc) is 2.68. The van der Waals surface area contributed by atoms with Crippen LogP contribution in [0.1, 0.15) is 37.8 Å². The predicted octanol–water partition coefficient (Wildman–Crippen LogP) is 4.65. The van der Waals surface area contributed by atoms with E-state index in [0.717, 1.165) is 24.2 Å². The molecule has 0 saturated heterocycles. The Labute approximate surface area is 160 Å². The molecule has 2 N–H and O–H groups in total. The van der Waals surface area contributed by atoms with Gasteiger partial charge in [0, 0.05) is 30.9 Å². The monoisotopic (exact) mass is 365 g/mol. The van der Waals surface area contributed by atoms with E-state index in [0.29, 0.717) is 25.4 Å². The summed E-state index contributed by atoms with van der Waals surface area (Å²) in [7, 11) is 0. The zero-order valence-corrected chi connectivity index (χ0v) is 16.0. The number of amides is 3. The van der Waals surface area contributed by atoms with Gasteiger partial charge in [-0.25, -0.2) is 4.79 Å². The highest BCUT2D eigenvalue weighted by Gasteiger charge is 2.20. The molecule has 0 bridgehead atoms. The van der Waals surface area contributed by atoms with Crippen LogP contribution in [-0.4, -0.2) is 23.4 Å². The normalized spacial score (nSPS) is 14.2. The molecule has 2 aromatic carbocycles. The van der Waals surface area contributed by atoms with Crippen molar-refractivity contribution in [3.63, 3.8) is 0 Å². The lowest BCUT2D eigenvalue weighted by Gasteiger charge is -2.29. The topological polar surface area (TPSA) is 61.4 Å². The van der Waals surface area contributed by atoms with Crippen LogP contribution in [0.15, 0.2) is 48.5 Å². The highest BCUT2D eigenvalue weighted by molar-refractivity contribution is 5.92. The van der Waals surface area contributed by atoms with Gasteiger partial charge in [0.25, 0.3) is 0 Å². The molecule has 5 nitrogen and oxygen atoms in total. The summed E-state index contributed by atoms with van der Waals surface area (Å²) in [5.74, 6) is 0.395. The van der Waals surface area contributed by atoms with Crippen molar-refractivity contribution in [2.45, 2.75) is 39.7 Å². The first-order chi connectivity index (χ1) is 13.0. The second-order valence-corrected chi connectivity index (χ2v) is 7.21. The summed E-state index contributed by atoms with van der Waals surface area (Å²) >= 11 is 0. The van der Waals surface area contributed by atoms with Crippen LogP contribution in [0.4, 0.5) is 16.2 Å². The molecule has 1 aliphatic heterocycles. The van der Waals surface area contributed by atoms with E-state index < -0.39 is 0 Å². The smallest absolute Gasteiger partial charge is 0.322 e. The van der Waals surface area contributed by atoms with E-state index in [9.17, 15) is 9.59 Å². The zero-order valence-electron chi connectivity index (χ0n) is 16.0. The van der Waals surface area contributed by atoms with Crippen LogP contribution in [-0.2, 0) is 17.8 Å². The molecule has 1 heterocycles. The van der Waals surface area contributed by atoms with Gasteiger partial charge in [-0.05, 0) is 47.7 Å². The van der Waals surface area contributed by atoms with Crippen LogP contribution in [0.2, 0.25) is 0 Å². The molecule has 0 spiro atoms. The average molecular weight is 365 g/mol. The fourth-order valence-electron chi connectivity index (χ4n) is 3.18. The van der Waals surface area contributed by atoms with Crippen LogP contribution < -0.4 is 10.6 Å². The highest BCUT2D eigenvalue weighted by Crippen LogP contribution is 2.20. The third-order valence-corrected chi connectivity index (χ3v) is 5.07. The van der Waals surface area contributed by atoms with Crippen molar-refractivity contribution in [1.82, 2.24) is 4.90 Å². The minimum Gasteiger partial charge on any atom is -0.326 e. The SMILES string of the molecule is CC[C@@H](C)CC(=O)Nc1ccc(NC(=O)N2CCc3ccccc3C2)cc1. The van der Waals surface area contributed by atoms with Crippen molar-refractivity contribution < 1.29 is 9.59 Å². The van der Waals surface area contributed by atoms with Crippen molar-refractivity contribution in [1.29, 1.82) is 0 Å². The quantitative estimate of drug-likeness (QED) is 0.810. The Morgan fingerprint density at radius 2 is 1.63 bits per heavy atom. The second kappa shape index (κ2) is 8.71. The van der Waals surface area contributed by atoms with E-state index in [1.807, 2.05) is 41.3 Å². The fraction of sp³-hybridized carbons (Fsp3) is 0.364. The Morgan fingerprint density at radius 1 is 1.00 bits per heavy atom. The van der Waals surface area contributed by atoms with Gasteiger partial charge < -0.3 is 15.5 Å². The largest absolute Gasteiger partial charge is 0.326 e. The van der Waals surface area contributed by atoms with E-state index in [1.54, 1.807) is 0 Å². The number of anilines is 2. The number of fused-ring (bicyclic) bond motifs is 1. The van der Waals surface area contributed by atoms with Crippen molar-refractivity contribution in [2.24, 2.45) is 5.92 Å². The lowest BCUT2D eigenvalue weighted by atomic mass is 10.0. The van der Waals surface area contributed by atoms with Gasteiger partial charge in [0.1, 0.15) is 0 Å². The second-order valence-electron chi connectivity index (χ2n) is 7.21. The van der Waals surface area contributed by atoms with Gasteiger partial charge in [-0.15, -0.1) is 0 Å². The molecule has 0 radical (unpaired) electrons. The van der Waals surface area contributed by atoms with Crippen molar-refractivity contribution in [3.05, 3.63) is 59.7 Å². The van der Waals surface area contributed by atoms with Gasteiger partial charge in [0.05, 0.1) is 0 Å². The molecule has 0 aromatic heterocycles. The molecule has 3 rings (SSSR count). The molecule has 1 atom stereocenters. The van der Waals surface area contributed by atoms with Gasteiger partial charge in [-0.1, -0.05) is 44.5 Å². The lowest BCUT2D eigenvalue weighted by Crippen LogP contribution is -2.38. The molecular formula is C22H27N3O2. The minimum absolute atomic E-state index is 0.0214. The molecule has 1 aliphatic rings. The first-order valence-corrected chi connectivity index (χ1v) is 9.57. The number of hydrogen-bond donors (Lipinski definition) is 2. The minimum atomic E-state index is -0.0990. The van der Waals surface area contributed by atoms with Gasteiger partial charge >= 0.3 is 6.03 Å². The van der Waals surface area contributed by atoms with Crippen molar-refractivity contribution in [2.75, 3.05) is 17.2 Å². The molecule has 2 aromatic rings. The Kier molecular flexibility index (Phi) is 6.12. The molecular weight excluding hydrogens is 338 g/mol. The molecule has 5 heteroatoms. The number of carbonyl (C=O) groups is 2. The summed E-state index contributed by atoms with van der Waals surface area (Å²) in [5.41, 5.74) is 3.99. The third kappa shape index (κ3) is 5.09. The molecule has 0 unspecified atom stereocenters. The van der Waals surface area contributed by atoms with Crippen LogP contribution in [0.25, 0.3) is 0 Å².